The zero-order valence-corrected chi connectivity index (χ0v) is 19.9. The molecule has 3 rings (SSSR count). The molecule has 2 aromatic heterocycles. The highest BCUT2D eigenvalue weighted by Crippen LogP contribution is 2.28. The van der Waals surface area contributed by atoms with Crippen LogP contribution in [0.1, 0.15) is 68.1 Å². The molecule has 0 aliphatic heterocycles. The molecule has 0 spiro atoms. The summed E-state index contributed by atoms with van der Waals surface area (Å²) < 4.78 is 5.57. The van der Waals surface area contributed by atoms with Crippen molar-refractivity contribution >= 4 is 35.3 Å². The second-order valence-corrected chi connectivity index (χ2v) is 9.35. The second kappa shape index (κ2) is 11.3. The van der Waals surface area contributed by atoms with Crippen molar-refractivity contribution in [3.05, 3.63) is 29.8 Å². The monoisotopic (exact) mass is 474 g/mol. The number of nitrogens with two attached hydrogens (primary N) is 1. The third kappa shape index (κ3) is 6.53. The van der Waals surface area contributed by atoms with E-state index in [0.717, 1.165) is 12.8 Å². The normalized spacial score (nSPS) is 19.2. The van der Waals surface area contributed by atoms with Crippen LogP contribution < -0.4 is 16.4 Å². The van der Waals surface area contributed by atoms with Crippen LogP contribution in [0.15, 0.2) is 28.0 Å². The van der Waals surface area contributed by atoms with Gasteiger partial charge in [-0.15, -0.1) is 10.2 Å². The Kier molecular flexibility index (Phi) is 8.43. The minimum absolute atomic E-state index is 0.177. The molecule has 1 fully saturated rings. The fraction of sp³-hybridized carbons (Fsp3) is 0.545. The highest BCUT2D eigenvalue weighted by molar-refractivity contribution is 7.98. The first kappa shape index (κ1) is 24.7. The second-order valence-electron chi connectivity index (χ2n) is 8.59. The van der Waals surface area contributed by atoms with Crippen LogP contribution in [0.25, 0.3) is 0 Å². The van der Waals surface area contributed by atoms with E-state index in [1.807, 2.05) is 13.8 Å². The summed E-state index contributed by atoms with van der Waals surface area (Å²) in [6.07, 6.45) is 6.62. The van der Waals surface area contributed by atoms with Gasteiger partial charge in [0.05, 0.1) is 11.5 Å². The van der Waals surface area contributed by atoms with Crippen molar-refractivity contribution in [2.45, 2.75) is 63.1 Å². The molecule has 0 aromatic carbocycles. The number of nitrogens with one attached hydrogen (secondary N) is 2. The predicted molar refractivity (Wildman–Crippen MR) is 123 cm³/mol. The van der Waals surface area contributed by atoms with Gasteiger partial charge in [-0.2, -0.15) is 0 Å². The molecule has 3 amide bonds. The van der Waals surface area contributed by atoms with Gasteiger partial charge in [-0.25, -0.2) is 4.98 Å². The summed E-state index contributed by atoms with van der Waals surface area (Å²) in [5, 5.41) is 13.7. The minimum atomic E-state index is -0.722. The lowest BCUT2D eigenvalue weighted by molar-refractivity contribution is -0.135. The van der Waals surface area contributed by atoms with E-state index in [4.69, 9.17) is 10.2 Å². The molecule has 0 saturated heterocycles. The number of thioether (sulfide) groups is 1. The number of aromatic nitrogens is 3. The van der Waals surface area contributed by atoms with Gasteiger partial charge in [0.2, 0.25) is 17.7 Å². The van der Waals surface area contributed by atoms with Crippen molar-refractivity contribution in [2.75, 3.05) is 12.0 Å². The average molecular weight is 475 g/mol. The summed E-state index contributed by atoms with van der Waals surface area (Å²) in [6, 6.07) is 2.75. The topological polar surface area (TPSA) is 153 Å². The van der Waals surface area contributed by atoms with Crippen LogP contribution in [0.3, 0.4) is 0 Å². The fourth-order valence-electron chi connectivity index (χ4n) is 3.95. The number of hydrogen-bond acceptors (Lipinski definition) is 9. The maximum absolute atomic E-state index is 13.1. The first-order valence-electron chi connectivity index (χ1n) is 11.0. The van der Waals surface area contributed by atoms with E-state index in [1.165, 1.54) is 18.0 Å². The Balaban J connectivity index is 1.69. The number of anilines is 1. The molecule has 3 atom stereocenters. The zero-order valence-electron chi connectivity index (χ0n) is 19.0. The smallest absolute Gasteiger partial charge is 0.276 e. The van der Waals surface area contributed by atoms with Crippen molar-refractivity contribution in [3.8, 4) is 0 Å². The third-order valence-corrected chi connectivity index (χ3v) is 6.15. The van der Waals surface area contributed by atoms with E-state index in [0.29, 0.717) is 35.9 Å². The van der Waals surface area contributed by atoms with Gasteiger partial charge in [0, 0.05) is 12.2 Å². The van der Waals surface area contributed by atoms with Crippen LogP contribution in [-0.2, 0) is 9.59 Å². The molecule has 33 heavy (non-hydrogen) atoms. The predicted octanol–water partition coefficient (Wildman–Crippen LogP) is 2.53. The Hall–Kier alpha value is -2.95. The maximum atomic E-state index is 13.1. The zero-order chi connectivity index (χ0) is 24.0. The van der Waals surface area contributed by atoms with Crippen LogP contribution in [-0.4, -0.2) is 45.2 Å². The van der Waals surface area contributed by atoms with Gasteiger partial charge in [-0.05, 0) is 43.6 Å². The molecule has 0 bridgehead atoms. The van der Waals surface area contributed by atoms with Crippen LogP contribution in [0.2, 0.25) is 0 Å². The molecule has 1 aliphatic rings. The first-order valence-corrected chi connectivity index (χ1v) is 12.3. The number of carbonyl (C=O) groups is 3. The lowest BCUT2D eigenvalue weighted by Crippen LogP contribution is -2.50. The quantitative estimate of drug-likeness (QED) is 0.490. The standard InChI is InChI=1S/C22H30N6O4S/c1-12(2)10-15(21-27-28-22(32-21)33-3)20(31)26-19(30)14-6-4-5-7-16(14)25-18(29)13-8-9-17(23)24-11-13/h8-9,11-12,14-16H,4-7,10H2,1-3H3,(H2,23,24)(H,25,29)(H,26,30,31)/t14-,15?,16+/m1/s1. The molecule has 10 nitrogen and oxygen atoms in total. The molecule has 1 saturated carbocycles. The molecule has 0 radical (unpaired) electrons. The van der Waals surface area contributed by atoms with E-state index in [9.17, 15) is 14.4 Å². The minimum Gasteiger partial charge on any atom is -0.415 e. The Bertz CT molecular complexity index is 978. The Labute approximate surface area is 196 Å². The van der Waals surface area contributed by atoms with E-state index >= 15 is 0 Å². The van der Waals surface area contributed by atoms with Gasteiger partial charge in [-0.1, -0.05) is 38.5 Å². The van der Waals surface area contributed by atoms with Crippen molar-refractivity contribution < 1.29 is 18.8 Å². The Morgan fingerprint density at radius 2 is 1.97 bits per heavy atom. The van der Waals surface area contributed by atoms with Gasteiger partial charge >= 0.3 is 0 Å². The van der Waals surface area contributed by atoms with Crippen molar-refractivity contribution in [3.63, 3.8) is 0 Å². The number of nitrogens with zero attached hydrogens (tertiary/aromatic N) is 3. The number of carbonyl (C=O) groups excluding carboxylic acids is 3. The molecule has 2 aromatic rings. The lowest BCUT2D eigenvalue weighted by atomic mass is 9.83. The molecule has 1 aliphatic carbocycles. The highest BCUT2D eigenvalue weighted by atomic mass is 32.2. The maximum Gasteiger partial charge on any atom is 0.276 e. The lowest BCUT2D eigenvalue weighted by Gasteiger charge is -2.31. The largest absolute Gasteiger partial charge is 0.415 e. The third-order valence-electron chi connectivity index (χ3n) is 5.63. The van der Waals surface area contributed by atoms with Crippen LogP contribution in [0.5, 0.6) is 0 Å². The SMILES string of the molecule is CSc1nnc(C(CC(C)C)C(=O)NC(=O)[C@@H]2CCCC[C@@H]2NC(=O)c2ccc(N)nc2)o1. The summed E-state index contributed by atoms with van der Waals surface area (Å²) in [6.45, 7) is 3.96. The summed E-state index contributed by atoms with van der Waals surface area (Å²) in [7, 11) is 0. The fourth-order valence-corrected chi connectivity index (χ4v) is 4.24. The van der Waals surface area contributed by atoms with E-state index < -0.39 is 23.7 Å². The van der Waals surface area contributed by atoms with Crippen molar-refractivity contribution in [2.24, 2.45) is 11.8 Å². The van der Waals surface area contributed by atoms with Crippen LogP contribution in [0, 0.1) is 11.8 Å². The number of amides is 3. The molecular formula is C22H30N6O4S. The van der Waals surface area contributed by atoms with Crippen LogP contribution >= 0.6 is 11.8 Å². The number of imide groups is 1. The van der Waals surface area contributed by atoms with Crippen molar-refractivity contribution in [1.82, 2.24) is 25.8 Å². The molecule has 11 heteroatoms. The van der Waals surface area contributed by atoms with Crippen molar-refractivity contribution in [1.29, 1.82) is 0 Å². The van der Waals surface area contributed by atoms with Gasteiger partial charge in [0.25, 0.3) is 11.1 Å². The Morgan fingerprint density at radius 1 is 1.21 bits per heavy atom. The van der Waals surface area contributed by atoms with E-state index in [-0.39, 0.29) is 23.8 Å². The highest BCUT2D eigenvalue weighted by Gasteiger charge is 2.35. The summed E-state index contributed by atoms with van der Waals surface area (Å²) in [5.74, 6) is -1.74. The first-order chi connectivity index (χ1) is 15.8. The number of nitrogen functional groups attached to an aromatic ring is 1. The van der Waals surface area contributed by atoms with Gasteiger partial charge in [0.15, 0.2) is 0 Å². The van der Waals surface area contributed by atoms with E-state index in [2.05, 4.69) is 25.8 Å². The summed E-state index contributed by atoms with van der Waals surface area (Å²) in [5.41, 5.74) is 5.94. The molecule has 4 N–H and O–H groups in total. The molecule has 2 heterocycles. The van der Waals surface area contributed by atoms with Gasteiger partial charge < -0.3 is 15.5 Å². The summed E-state index contributed by atoms with van der Waals surface area (Å²) in [4.78, 5) is 42.7. The average Bonchev–Trinajstić information content (AvgIpc) is 3.27. The molecule has 178 valence electrons. The number of rotatable bonds is 8. The van der Waals surface area contributed by atoms with E-state index in [1.54, 1.807) is 18.4 Å². The molecule has 1 unspecified atom stereocenters. The van der Waals surface area contributed by atoms with Gasteiger partial charge in [-0.3, -0.25) is 19.7 Å². The van der Waals surface area contributed by atoms with Gasteiger partial charge in [0.1, 0.15) is 11.7 Å². The molecular weight excluding hydrogens is 444 g/mol. The number of pyridine rings is 1. The van der Waals surface area contributed by atoms with Crippen LogP contribution in [0.4, 0.5) is 5.82 Å². The number of hydrogen-bond donors (Lipinski definition) is 3. The summed E-state index contributed by atoms with van der Waals surface area (Å²) >= 11 is 1.29. The Morgan fingerprint density at radius 3 is 2.61 bits per heavy atom.